The minimum absolute atomic E-state index is 0.261. The summed E-state index contributed by atoms with van der Waals surface area (Å²) in [5.41, 5.74) is 0. The molecule has 0 aromatic heterocycles. The Hall–Kier alpha value is -1.06. The minimum Gasteiger partial charge on any atom is -0.449 e. The maximum Gasteiger partial charge on any atom is 0.410 e. The molecule has 0 aliphatic carbocycles. The van der Waals surface area contributed by atoms with Crippen LogP contribution in [-0.2, 0) is 9.53 Å². The zero-order chi connectivity index (χ0) is 11.8. The zero-order valence-electron chi connectivity index (χ0n) is 9.98. The molecular weight excluding hydrogens is 206 g/mol. The van der Waals surface area contributed by atoms with Gasteiger partial charge in [-0.25, -0.2) is 4.79 Å². The van der Waals surface area contributed by atoms with E-state index in [1.165, 1.54) is 17.7 Å². The number of unbranched alkanes of at least 4 members (excludes halogenated alkanes) is 3. The van der Waals surface area contributed by atoms with Crippen LogP contribution in [0.3, 0.4) is 0 Å². The molecule has 1 unspecified atom stereocenters. The summed E-state index contributed by atoms with van der Waals surface area (Å²) in [6.45, 7) is 3.27. The van der Waals surface area contributed by atoms with Gasteiger partial charge in [-0.15, -0.1) is 0 Å². The molecule has 1 rings (SSSR count). The van der Waals surface area contributed by atoms with Crippen LogP contribution in [0.25, 0.3) is 0 Å². The Morgan fingerprint density at radius 3 is 2.94 bits per heavy atom. The number of aldehydes is 1. The van der Waals surface area contributed by atoms with Crippen molar-refractivity contribution in [2.24, 2.45) is 0 Å². The van der Waals surface area contributed by atoms with E-state index in [-0.39, 0.29) is 12.1 Å². The average molecular weight is 227 g/mol. The normalized spacial score (nSPS) is 19.8. The Labute approximate surface area is 96.9 Å². The molecule has 1 saturated heterocycles. The average Bonchev–Trinajstić information content (AvgIpc) is 2.76. The predicted molar refractivity (Wildman–Crippen MR) is 61.3 cm³/mol. The van der Waals surface area contributed by atoms with E-state index in [2.05, 4.69) is 6.92 Å². The van der Waals surface area contributed by atoms with Crippen LogP contribution in [0.4, 0.5) is 4.79 Å². The van der Waals surface area contributed by atoms with Crippen molar-refractivity contribution in [1.82, 2.24) is 4.90 Å². The molecule has 0 saturated carbocycles. The number of rotatable bonds is 6. The van der Waals surface area contributed by atoms with Crippen molar-refractivity contribution in [3.63, 3.8) is 0 Å². The first-order valence-electron chi connectivity index (χ1n) is 6.18. The third-order valence-electron chi connectivity index (χ3n) is 2.91. The molecular formula is C12H21NO3. The third kappa shape index (κ3) is 3.83. The molecule has 1 amide bonds. The Kier molecular flexibility index (Phi) is 5.90. The van der Waals surface area contributed by atoms with E-state index in [1.807, 2.05) is 0 Å². The fraction of sp³-hybridized carbons (Fsp3) is 0.833. The van der Waals surface area contributed by atoms with Crippen LogP contribution in [0, 0.1) is 0 Å². The summed E-state index contributed by atoms with van der Waals surface area (Å²) in [7, 11) is 0. The van der Waals surface area contributed by atoms with E-state index in [0.717, 1.165) is 32.0 Å². The number of hydrogen-bond acceptors (Lipinski definition) is 3. The molecule has 4 heteroatoms. The summed E-state index contributed by atoms with van der Waals surface area (Å²) in [4.78, 5) is 23.8. The largest absolute Gasteiger partial charge is 0.449 e. The Balaban J connectivity index is 2.16. The number of ether oxygens (including phenoxy) is 1. The number of carbonyl (C=O) groups is 2. The van der Waals surface area contributed by atoms with E-state index < -0.39 is 0 Å². The molecule has 1 fully saturated rings. The van der Waals surface area contributed by atoms with E-state index in [1.54, 1.807) is 0 Å². The van der Waals surface area contributed by atoms with E-state index in [0.29, 0.717) is 13.2 Å². The first-order valence-corrected chi connectivity index (χ1v) is 6.18. The van der Waals surface area contributed by atoms with Gasteiger partial charge in [-0.05, 0) is 19.3 Å². The minimum atomic E-state index is -0.328. The van der Waals surface area contributed by atoms with Crippen molar-refractivity contribution in [2.75, 3.05) is 13.2 Å². The highest BCUT2D eigenvalue weighted by molar-refractivity contribution is 5.74. The topological polar surface area (TPSA) is 46.6 Å². The molecule has 4 nitrogen and oxygen atoms in total. The van der Waals surface area contributed by atoms with Gasteiger partial charge in [-0.2, -0.15) is 0 Å². The maximum atomic E-state index is 11.6. The van der Waals surface area contributed by atoms with Gasteiger partial charge in [0.05, 0.1) is 12.6 Å². The summed E-state index contributed by atoms with van der Waals surface area (Å²) in [6.07, 6.45) is 6.55. The summed E-state index contributed by atoms with van der Waals surface area (Å²) in [5.74, 6) is 0. The quantitative estimate of drug-likeness (QED) is 0.517. The predicted octanol–water partition coefficient (Wildman–Crippen LogP) is 2.37. The van der Waals surface area contributed by atoms with Gasteiger partial charge >= 0.3 is 6.09 Å². The van der Waals surface area contributed by atoms with Crippen LogP contribution in [0.15, 0.2) is 0 Å². The van der Waals surface area contributed by atoms with Gasteiger partial charge in [0.2, 0.25) is 0 Å². The van der Waals surface area contributed by atoms with E-state index >= 15 is 0 Å². The van der Waals surface area contributed by atoms with Crippen LogP contribution in [-0.4, -0.2) is 36.5 Å². The number of hydrogen-bond donors (Lipinski definition) is 0. The van der Waals surface area contributed by atoms with Crippen molar-refractivity contribution < 1.29 is 14.3 Å². The number of amides is 1. The zero-order valence-corrected chi connectivity index (χ0v) is 9.98. The summed E-state index contributed by atoms with van der Waals surface area (Å²) >= 11 is 0. The molecule has 0 aromatic rings. The second-order valence-electron chi connectivity index (χ2n) is 4.21. The third-order valence-corrected chi connectivity index (χ3v) is 2.91. The second-order valence-corrected chi connectivity index (χ2v) is 4.21. The lowest BCUT2D eigenvalue weighted by Crippen LogP contribution is -2.36. The lowest BCUT2D eigenvalue weighted by Gasteiger charge is -2.19. The molecule has 1 aliphatic heterocycles. The Morgan fingerprint density at radius 1 is 1.44 bits per heavy atom. The standard InChI is InChI=1S/C12H21NO3/c1-2-3-4-5-9-16-12(15)13-8-6-7-11(13)10-14/h10-11H,2-9H2,1H3. The molecule has 0 radical (unpaired) electrons. The van der Waals surface area contributed by atoms with Crippen molar-refractivity contribution in [2.45, 2.75) is 51.5 Å². The first kappa shape index (κ1) is 13.0. The monoisotopic (exact) mass is 227 g/mol. The highest BCUT2D eigenvalue weighted by Gasteiger charge is 2.29. The van der Waals surface area contributed by atoms with Crippen molar-refractivity contribution in [3.05, 3.63) is 0 Å². The SMILES string of the molecule is CCCCCCOC(=O)N1CCCC1C=O. The lowest BCUT2D eigenvalue weighted by atomic mass is 10.2. The molecule has 0 bridgehead atoms. The lowest BCUT2D eigenvalue weighted by molar-refractivity contribution is -0.111. The first-order chi connectivity index (χ1) is 7.79. The summed E-state index contributed by atoms with van der Waals surface area (Å²) < 4.78 is 5.13. The van der Waals surface area contributed by atoms with E-state index in [4.69, 9.17) is 4.74 Å². The molecule has 92 valence electrons. The van der Waals surface area contributed by atoms with Crippen molar-refractivity contribution in [3.8, 4) is 0 Å². The molecule has 1 atom stereocenters. The number of carbonyl (C=O) groups excluding carboxylic acids is 2. The van der Waals surface area contributed by atoms with Crippen LogP contribution >= 0.6 is 0 Å². The van der Waals surface area contributed by atoms with Gasteiger partial charge in [0.15, 0.2) is 0 Å². The smallest absolute Gasteiger partial charge is 0.410 e. The van der Waals surface area contributed by atoms with Gasteiger partial charge in [0, 0.05) is 6.54 Å². The van der Waals surface area contributed by atoms with E-state index in [9.17, 15) is 9.59 Å². The second kappa shape index (κ2) is 7.25. The Bertz CT molecular complexity index is 230. The molecule has 16 heavy (non-hydrogen) atoms. The molecule has 1 aliphatic rings. The van der Waals surface area contributed by atoms with Crippen LogP contribution in [0.1, 0.15) is 45.4 Å². The molecule has 0 N–H and O–H groups in total. The van der Waals surface area contributed by atoms with Gasteiger partial charge in [-0.3, -0.25) is 4.90 Å². The van der Waals surface area contributed by atoms with Gasteiger partial charge in [-0.1, -0.05) is 26.2 Å². The number of nitrogens with zero attached hydrogens (tertiary/aromatic N) is 1. The molecule has 0 spiro atoms. The molecule has 0 aromatic carbocycles. The van der Waals surface area contributed by atoms with Gasteiger partial charge < -0.3 is 9.53 Å². The van der Waals surface area contributed by atoms with Crippen LogP contribution < -0.4 is 0 Å². The number of likely N-dealkylation sites (tertiary alicyclic amines) is 1. The van der Waals surface area contributed by atoms with Gasteiger partial charge in [0.25, 0.3) is 0 Å². The van der Waals surface area contributed by atoms with Crippen LogP contribution in [0.2, 0.25) is 0 Å². The fourth-order valence-corrected chi connectivity index (χ4v) is 1.93. The summed E-state index contributed by atoms with van der Waals surface area (Å²) in [5, 5.41) is 0. The fourth-order valence-electron chi connectivity index (χ4n) is 1.93. The van der Waals surface area contributed by atoms with Crippen molar-refractivity contribution in [1.29, 1.82) is 0 Å². The van der Waals surface area contributed by atoms with Crippen LogP contribution in [0.5, 0.6) is 0 Å². The molecule has 1 heterocycles. The maximum absolute atomic E-state index is 11.6. The highest BCUT2D eigenvalue weighted by Crippen LogP contribution is 2.16. The van der Waals surface area contributed by atoms with Gasteiger partial charge in [0.1, 0.15) is 6.29 Å². The summed E-state index contributed by atoms with van der Waals surface area (Å²) in [6, 6.07) is -0.261. The Morgan fingerprint density at radius 2 is 2.25 bits per heavy atom. The van der Waals surface area contributed by atoms with Crippen molar-refractivity contribution >= 4 is 12.4 Å². The highest BCUT2D eigenvalue weighted by atomic mass is 16.6.